The molecule has 5 heteroatoms. The first kappa shape index (κ1) is 11.3. The number of benzene rings is 1. The van der Waals surface area contributed by atoms with Gasteiger partial charge in [0.2, 0.25) is 0 Å². The Balaban J connectivity index is 2.69. The van der Waals surface area contributed by atoms with Crippen molar-refractivity contribution < 1.29 is 0 Å². The summed E-state index contributed by atoms with van der Waals surface area (Å²) in [5.41, 5.74) is 2.19. The van der Waals surface area contributed by atoms with Gasteiger partial charge in [0, 0.05) is 10.0 Å². The van der Waals surface area contributed by atoms with Gasteiger partial charge in [-0.1, -0.05) is 28.1 Å². The van der Waals surface area contributed by atoms with Crippen LogP contribution in [0.3, 0.4) is 0 Å². The molecule has 0 aliphatic heterocycles. The summed E-state index contributed by atoms with van der Waals surface area (Å²) in [6, 6.07) is 7.70. The number of hydrogen-bond acceptors (Lipinski definition) is 2. The predicted molar refractivity (Wildman–Crippen MR) is 70.1 cm³/mol. The van der Waals surface area contributed by atoms with Crippen molar-refractivity contribution in [3.8, 4) is 11.3 Å². The molecule has 0 atom stereocenters. The zero-order chi connectivity index (χ0) is 11.7. The summed E-state index contributed by atoms with van der Waals surface area (Å²) in [6.07, 6.45) is 0. The maximum atomic E-state index is 11.5. The SMILES string of the molecule is Cc1c(-c2ccc(Br)cc2)[nH]c(=S)[nH]c1=O. The van der Waals surface area contributed by atoms with Crippen LogP contribution in [0.2, 0.25) is 0 Å². The number of hydrogen-bond donors (Lipinski definition) is 2. The van der Waals surface area contributed by atoms with Crippen molar-refractivity contribution in [2.75, 3.05) is 0 Å². The molecular formula is C11H9BrN2OS. The monoisotopic (exact) mass is 296 g/mol. The van der Waals surface area contributed by atoms with E-state index in [2.05, 4.69) is 25.9 Å². The largest absolute Gasteiger partial charge is 0.332 e. The van der Waals surface area contributed by atoms with Gasteiger partial charge in [0.1, 0.15) is 0 Å². The fraction of sp³-hybridized carbons (Fsp3) is 0.0909. The van der Waals surface area contributed by atoms with Crippen molar-refractivity contribution in [2.24, 2.45) is 0 Å². The average molecular weight is 297 g/mol. The highest BCUT2D eigenvalue weighted by Gasteiger charge is 2.05. The smallest absolute Gasteiger partial charge is 0.255 e. The Morgan fingerprint density at radius 2 is 1.81 bits per heavy atom. The zero-order valence-corrected chi connectivity index (χ0v) is 10.9. The van der Waals surface area contributed by atoms with Crippen LogP contribution in [0.5, 0.6) is 0 Å². The molecule has 1 aromatic carbocycles. The second-order valence-corrected chi connectivity index (χ2v) is 4.74. The second kappa shape index (κ2) is 4.35. The molecule has 2 aromatic rings. The van der Waals surface area contributed by atoms with Crippen molar-refractivity contribution in [3.63, 3.8) is 0 Å². The molecule has 2 N–H and O–H groups in total. The van der Waals surface area contributed by atoms with Gasteiger partial charge >= 0.3 is 0 Å². The first-order valence-electron chi connectivity index (χ1n) is 4.67. The quantitative estimate of drug-likeness (QED) is 0.794. The highest BCUT2D eigenvalue weighted by atomic mass is 79.9. The van der Waals surface area contributed by atoms with E-state index in [1.54, 1.807) is 6.92 Å². The summed E-state index contributed by atoms with van der Waals surface area (Å²) >= 11 is 8.32. The lowest BCUT2D eigenvalue weighted by atomic mass is 10.1. The van der Waals surface area contributed by atoms with Crippen molar-refractivity contribution in [1.82, 2.24) is 9.97 Å². The maximum absolute atomic E-state index is 11.5. The third-order valence-corrected chi connectivity index (χ3v) is 3.05. The molecule has 0 unspecified atom stereocenters. The number of halogens is 1. The van der Waals surface area contributed by atoms with Crippen LogP contribution in [0.15, 0.2) is 33.5 Å². The van der Waals surface area contributed by atoms with Crippen LogP contribution in [0, 0.1) is 11.7 Å². The average Bonchev–Trinajstić information content (AvgIpc) is 2.25. The summed E-state index contributed by atoms with van der Waals surface area (Å²) in [5.74, 6) is 0. The third kappa shape index (κ3) is 2.15. The molecule has 0 radical (unpaired) electrons. The lowest BCUT2D eigenvalue weighted by Gasteiger charge is -2.05. The van der Waals surface area contributed by atoms with Gasteiger partial charge in [0.15, 0.2) is 4.77 Å². The molecule has 0 aliphatic carbocycles. The van der Waals surface area contributed by atoms with E-state index < -0.39 is 0 Å². The highest BCUT2D eigenvalue weighted by Crippen LogP contribution is 2.20. The standard InChI is InChI=1S/C11H9BrN2OS/c1-6-9(13-11(16)14-10(6)15)7-2-4-8(12)5-3-7/h2-5H,1H3,(H2,13,14,15,16). The second-order valence-electron chi connectivity index (χ2n) is 3.42. The lowest BCUT2D eigenvalue weighted by molar-refractivity contribution is 1.06. The van der Waals surface area contributed by atoms with Gasteiger partial charge in [0.25, 0.3) is 5.56 Å². The van der Waals surface area contributed by atoms with Gasteiger partial charge in [-0.05, 0) is 36.8 Å². The van der Waals surface area contributed by atoms with Crippen LogP contribution in [-0.4, -0.2) is 9.97 Å². The molecule has 0 saturated carbocycles. The highest BCUT2D eigenvalue weighted by molar-refractivity contribution is 9.10. The normalized spacial score (nSPS) is 10.4. The molecule has 0 spiro atoms. The summed E-state index contributed by atoms with van der Waals surface area (Å²) in [5, 5.41) is 0. The Bertz CT molecular complexity index is 628. The lowest BCUT2D eigenvalue weighted by Crippen LogP contribution is -2.12. The van der Waals surface area contributed by atoms with Crippen LogP contribution in [0.1, 0.15) is 5.56 Å². The van der Waals surface area contributed by atoms with Crippen LogP contribution >= 0.6 is 28.1 Å². The number of aromatic nitrogens is 2. The molecule has 1 aromatic heterocycles. The van der Waals surface area contributed by atoms with Crippen LogP contribution in [0.25, 0.3) is 11.3 Å². The summed E-state index contributed by atoms with van der Waals surface area (Å²) in [7, 11) is 0. The van der Waals surface area contributed by atoms with Crippen molar-refractivity contribution >= 4 is 28.1 Å². The Hall–Kier alpha value is -1.20. The Morgan fingerprint density at radius 3 is 2.44 bits per heavy atom. The summed E-state index contributed by atoms with van der Waals surface area (Å²) in [4.78, 5) is 17.1. The van der Waals surface area contributed by atoms with Crippen LogP contribution in [0.4, 0.5) is 0 Å². The van der Waals surface area contributed by atoms with Crippen molar-refractivity contribution in [2.45, 2.75) is 6.92 Å². The molecule has 2 rings (SSSR count). The molecule has 0 saturated heterocycles. The third-order valence-electron chi connectivity index (χ3n) is 2.31. The van der Waals surface area contributed by atoms with Gasteiger partial charge < -0.3 is 4.98 Å². The van der Waals surface area contributed by atoms with E-state index in [1.807, 2.05) is 24.3 Å². The van der Waals surface area contributed by atoms with E-state index >= 15 is 0 Å². The van der Waals surface area contributed by atoms with Gasteiger partial charge in [-0.15, -0.1) is 0 Å². The van der Waals surface area contributed by atoms with Gasteiger partial charge in [-0.3, -0.25) is 9.78 Å². The van der Waals surface area contributed by atoms with E-state index in [0.29, 0.717) is 10.3 Å². The molecule has 0 bridgehead atoms. The number of aromatic amines is 2. The summed E-state index contributed by atoms with van der Waals surface area (Å²) < 4.78 is 1.34. The number of H-pyrrole nitrogens is 2. The van der Waals surface area contributed by atoms with Crippen LogP contribution < -0.4 is 5.56 Å². The fourth-order valence-electron chi connectivity index (χ4n) is 1.45. The predicted octanol–water partition coefficient (Wildman–Crippen LogP) is 3.17. The minimum absolute atomic E-state index is 0.151. The molecule has 0 fully saturated rings. The molecule has 16 heavy (non-hydrogen) atoms. The first-order chi connectivity index (χ1) is 7.58. The molecular weight excluding hydrogens is 288 g/mol. The van der Waals surface area contributed by atoms with Gasteiger partial charge in [0.05, 0.1) is 5.69 Å². The first-order valence-corrected chi connectivity index (χ1v) is 5.87. The molecule has 82 valence electrons. The molecule has 0 amide bonds. The Labute approximate surface area is 106 Å². The summed E-state index contributed by atoms with van der Waals surface area (Å²) in [6.45, 7) is 1.77. The Kier molecular flexibility index (Phi) is 3.07. The van der Waals surface area contributed by atoms with Crippen molar-refractivity contribution in [1.29, 1.82) is 0 Å². The minimum Gasteiger partial charge on any atom is -0.332 e. The van der Waals surface area contributed by atoms with Crippen molar-refractivity contribution in [3.05, 3.63) is 49.4 Å². The van der Waals surface area contributed by atoms with Crippen LogP contribution in [-0.2, 0) is 0 Å². The molecule has 0 aliphatic rings. The minimum atomic E-state index is -0.151. The molecule has 3 nitrogen and oxygen atoms in total. The molecule has 1 heterocycles. The van der Waals surface area contributed by atoms with Gasteiger partial charge in [-0.25, -0.2) is 0 Å². The fourth-order valence-corrected chi connectivity index (χ4v) is 1.91. The Morgan fingerprint density at radius 1 is 1.19 bits per heavy atom. The van der Waals surface area contributed by atoms with Gasteiger partial charge in [-0.2, -0.15) is 0 Å². The number of rotatable bonds is 1. The van der Waals surface area contributed by atoms with E-state index in [0.717, 1.165) is 15.7 Å². The van der Waals surface area contributed by atoms with E-state index in [-0.39, 0.29) is 5.56 Å². The maximum Gasteiger partial charge on any atom is 0.255 e. The number of nitrogens with one attached hydrogen (secondary N) is 2. The van der Waals surface area contributed by atoms with E-state index in [9.17, 15) is 4.79 Å². The zero-order valence-electron chi connectivity index (χ0n) is 8.50. The van der Waals surface area contributed by atoms with E-state index in [1.165, 1.54) is 0 Å². The van der Waals surface area contributed by atoms with E-state index in [4.69, 9.17) is 12.2 Å². The topological polar surface area (TPSA) is 48.6 Å².